The molecule has 1 heterocycles. The van der Waals surface area contributed by atoms with Crippen LogP contribution in [0.2, 0.25) is 0 Å². The van der Waals surface area contributed by atoms with Crippen LogP contribution in [0.15, 0.2) is 182 Å². The number of allylic oxidation sites excluding steroid dienone is 9. The van der Waals surface area contributed by atoms with Gasteiger partial charge in [-0.2, -0.15) is 0 Å². The first-order valence-electron chi connectivity index (χ1n) is 19.8. The molecule has 0 saturated heterocycles. The van der Waals surface area contributed by atoms with Gasteiger partial charge in [0.25, 0.3) is 0 Å². The van der Waals surface area contributed by atoms with Gasteiger partial charge in [-0.1, -0.05) is 178 Å². The van der Waals surface area contributed by atoms with Gasteiger partial charge < -0.3 is 0 Å². The van der Waals surface area contributed by atoms with Crippen LogP contribution in [0, 0.1) is 0 Å². The zero-order valence-electron chi connectivity index (χ0n) is 33.2. The average molecular weight is 736 g/mol. The zero-order valence-corrected chi connectivity index (χ0v) is 33.2. The molecule has 3 heteroatoms. The van der Waals surface area contributed by atoms with Crippen molar-refractivity contribution in [3.8, 4) is 33.9 Å². The molecular formula is C54H45N3. The number of hydrogen-bond acceptors (Lipinski definition) is 3. The highest BCUT2D eigenvalue weighted by molar-refractivity contribution is 6.04. The lowest BCUT2D eigenvalue weighted by atomic mass is 9.55. The fourth-order valence-electron chi connectivity index (χ4n) is 9.50. The molecule has 0 aliphatic heterocycles. The minimum atomic E-state index is -0.494. The lowest BCUT2D eigenvalue weighted by molar-refractivity contribution is 0.558. The second-order valence-corrected chi connectivity index (χ2v) is 15.5. The second kappa shape index (κ2) is 14.1. The molecule has 1 aromatic heterocycles. The quantitative estimate of drug-likeness (QED) is 0.153. The number of rotatable bonds is 7. The van der Waals surface area contributed by atoms with Gasteiger partial charge in [-0.15, -0.1) is 0 Å². The topological polar surface area (TPSA) is 38.7 Å². The Morgan fingerprint density at radius 2 is 1.16 bits per heavy atom. The minimum absolute atomic E-state index is 0.168. The van der Waals surface area contributed by atoms with Crippen LogP contribution in [-0.4, -0.2) is 15.0 Å². The Morgan fingerprint density at radius 3 is 1.81 bits per heavy atom. The maximum Gasteiger partial charge on any atom is 0.164 e. The van der Waals surface area contributed by atoms with Crippen molar-refractivity contribution in [2.45, 2.75) is 45.4 Å². The van der Waals surface area contributed by atoms with Gasteiger partial charge in [-0.3, -0.25) is 0 Å². The molecule has 7 aromatic rings. The average Bonchev–Trinajstić information content (AvgIpc) is 3.49. The highest BCUT2D eigenvalue weighted by Crippen LogP contribution is 2.61. The van der Waals surface area contributed by atoms with Crippen molar-refractivity contribution in [1.29, 1.82) is 0 Å². The molecule has 1 spiro atoms. The van der Waals surface area contributed by atoms with Gasteiger partial charge in [0.05, 0.1) is 5.41 Å². The molecule has 0 saturated carbocycles. The zero-order chi connectivity index (χ0) is 39.3. The Morgan fingerprint density at radius 1 is 0.579 bits per heavy atom. The van der Waals surface area contributed by atoms with Gasteiger partial charge in [0.15, 0.2) is 17.5 Å². The number of fused-ring (bicyclic) bond motifs is 7. The van der Waals surface area contributed by atoms with Crippen molar-refractivity contribution in [2.75, 3.05) is 0 Å². The largest absolute Gasteiger partial charge is 0.208 e. The Hall–Kier alpha value is -6.71. The van der Waals surface area contributed by atoms with Crippen LogP contribution in [0.3, 0.4) is 0 Å². The van der Waals surface area contributed by atoms with Gasteiger partial charge in [0.2, 0.25) is 0 Å². The lowest BCUT2D eigenvalue weighted by Gasteiger charge is -2.47. The molecule has 0 radical (unpaired) electrons. The summed E-state index contributed by atoms with van der Waals surface area (Å²) < 4.78 is 0. The van der Waals surface area contributed by atoms with E-state index in [1.807, 2.05) is 25.2 Å². The fourth-order valence-corrected chi connectivity index (χ4v) is 9.50. The van der Waals surface area contributed by atoms with Crippen LogP contribution in [-0.2, 0) is 10.8 Å². The van der Waals surface area contributed by atoms with E-state index in [0.29, 0.717) is 17.5 Å². The molecule has 0 amide bonds. The maximum absolute atomic E-state index is 5.35. The van der Waals surface area contributed by atoms with E-state index in [4.69, 9.17) is 15.0 Å². The molecule has 276 valence electrons. The van der Waals surface area contributed by atoms with E-state index < -0.39 is 5.41 Å². The first-order valence-corrected chi connectivity index (χ1v) is 19.8. The summed E-state index contributed by atoms with van der Waals surface area (Å²) in [5.41, 5.74) is 14.9. The Balaban J connectivity index is 1.31. The van der Waals surface area contributed by atoms with E-state index in [9.17, 15) is 0 Å². The third kappa shape index (κ3) is 5.52. The van der Waals surface area contributed by atoms with Crippen LogP contribution in [0.25, 0.3) is 55.8 Å². The van der Waals surface area contributed by atoms with Crippen LogP contribution >= 0.6 is 0 Å². The van der Waals surface area contributed by atoms with Crippen molar-refractivity contribution < 1.29 is 0 Å². The van der Waals surface area contributed by atoms with E-state index in [-0.39, 0.29) is 5.41 Å². The van der Waals surface area contributed by atoms with Crippen LogP contribution in [0.1, 0.15) is 73.8 Å². The molecule has 0 bridgehead atoms. The molecule has 0 unspecified atom stereocenters. The first-order chi connectivity index (χ1) is 27.8. The van der Waals surface area contributed by atoms with E-state index in [0.717, 1.165) is 27.5 Å². The summed E-state index contributed by atoms with van der Waals surface area (Å²) in [6.45, 7) is 15.1. The number of benzene rings is 6. The number of nitrogens with zero attached hydrogens (tertiary/aromatic N) is 3. The first kappa shape index (κ1) is 36.0. The maximum atomic E-state index is 5.35. The molecule has 3 nitrogen and oxygen atoms in total. The third-order valence-electron chi connectivity index (χ3n) is 12.1. The van der Waals surface area contributed by atoms with Crippen molar-refractivity contribution in [3.05, 3.63) is 221 Å². The molecule has 9 rings (SSSR count). The molecule has 0 N–H and O–H groups in total. The van der Waals surface area contributed by atoms with Gasteiger partial charge in [-0.05, 0) is 99.3 Å². The van der Waals surface area contributed by atoms with Gasteiger partial charge in [0.1, 0.15) is 0 Å². The summed E-state index contributed by atoms with van der Waals surface area (Å²) in [5.74, 6) is 1.87. The Bertz CT molecular complexity index is 2820. The lowest BCUT2D eigenvalue weighted by Crippen LogP contribution is -2.40. The van der Waals surface area contributed by atoms with E-state index in [1.165, 1.54) is 55.7 Å². The minimum Gasteiger partial charge on any atom is -0.208 e. The standard InChI is InChI=1S/C54H45N3/c1-7-10-21-36(9-3)50-55-51(57-52(56-50)44-33-32-40(37-22-12-11-13-23-37)41-24-14-15-25-42(41)44)38-30-31-43-39(20-8-2)35(4)54(49(43)34-38)47-28-18-16-26-45(47)53(5,6)46-27-17-19-29-48(46)54/h7-34H,1H2,2-6H3/b20-8-,21-10-,36-9+. The van der Waals surface area contributed by atoms with Crippen molar-refractivity contribution in [1.82, 2.24) is 15.0 Å². The van der Waals surface area contributed by atoms with E-state index in [1.54, 1.807) is 6.08 Å². The van der Waals surface area contributed by atoms with Crippen molar-refractivity contribution in [3.63, 3.8) is 0 Å². The summed E-state index contributed by atoms with van der Waals surface area (Å²) in [4.78, 5) is 15.8. The summed E-state index contributed by atoms with van der Waals surface area (Å²) in [6, 6.07) is 48.4. The summed E-state index contributed by atoms with van der Waals surface area (Å²) in [6.07, 6.45) is 12.2. The Labute approximate surface area is 336 Å². The highest BCUT2D eigenvalue weighted by atomic mass is 15.0. The predicted molar refractivity (Wildman–Crippen MR) is 239 cm³/mol. The molecule has 2 aliphatic carbocycles. The predicted octanol–water partition coefficient (Wildman–Crippen LogP) is 13.5. The van der Waals surface area contributed by atoms with E-state index >= 15 is 0 Å². The number of aromatic nitrogens is 3. The SMILES string of the molecule is C=C/C=C\C(=C/C)c1nc(-c2ccc3c(c2)C2(C(C)=C3/C=C\C)c3ccccc3C(C)(C)c3ccccc32)nc(-c2ccc(-c3ccccc3)c3ccccc23)n1. The smallest absolute Gasteiger partial charge is 0.164 e. The molecular weight excluding hydrogens is 691 g/mol. The third-order valence-corrected chi connectivity index (χ3v) is 12.1. The van der Waals surface area contributed by atoms with Gasteiger partial charge in [0, 0.05) is 22.1 Å². The molecule has 2 aliphatic rings. The van der Waals surface area contributed by atoms with Crippen LogP contribution in [0.4, 0.5) is 0 Å². The highest BCUT2D eigenvalue weighted by Gasteiger charge is 2.52. The molecule has 0 atom stereocenters. The van der Waals surface area contributed by atoms with E-state index in [2.05, 4.69) is 180 Å². The molecule has 0 fully saturated rings. The summed E-state index contributed by atoms with van der Waals surface area (Å²) in [7, 11) is 0. The normalized spacial score (nSPS) is 15.4. The van der Waals surface area contributed by atoms with Crippen LogP contribution < -0.4 is 0 Å². The van der Waals surface area contributed by atoms with Gasteiger partial charge in [-0.25, -0.2) is 15.0 Å². The van der Waals surface area contributed by atoms with Crippen molar-refractivity contribution >= 4 is 21.9 Å². The Kier molecular flexibility index (Phi) is 8.89. The number of hydrogen-bond donors (Lipinski definition) is 0. The second-order valence-electron chi connectivity index (χ2n) is 15.5. The van der Waals surface area contributed by atoms with Gasteiger partial charge >= 0.3 is 0 Å². The van der Waals surface area contributed by atoms with Crippen molar-refractivity contribution in [2.24, 2.45) is 0 Å². The molecule has 6 aromatic carbocycles. The van der Waals surface area contributed by atoms with Crippen LogP contribution in [0.5, 0.6) is 0 Å². The fraction of sp³-hybridized carbons (Fsp3) is 0.130. The molecule has 57 heavy (non-hydrogen) atoms. The summed E-state index contributed by atoms with van der Waals surface area (Å²) >= 11 is 0. The monoisotopic (exact) mass is 735 g/mol. The summed E-state index contributed by atoms with van der Waals surface area (Å²) in [5, 5.41) is 2.24.